The molecule has 0 radical (unpaired) electrons. The van der Waals surface area contributed by atoms with Crippen LogP contribution in [0.4, 0.5) is 5.69 Å². The molecule has 150 valence electrons. The number of para-hydroxylation sites is 1. The average Bonchev–Trinajstić information content (AvgIpc) is 2.72. The van der Waals surface area contributed by atoms with Gasteiger partial charge in [0.05, 0.1) is 12.7 Å². The summed E-state index contributed by atoms with van der Waals surface area (Å²) >= 11 is 5.94. The lowest BCUT2D eigenvalue weighted by molar-refractivity contribution is 0.0696. The molecule has 0 bridgehead atoms. The molecule has 0 aliphatic heterocycles. The van der Waals surface area contributed by atoms with E-state index in [9.17, 15) is 9.90 Å². The molecule has 0 heterocycles. The van der Waals surface area contributed by atoms with Gasteiger partial charge in [0, 0.05) is 22.8 Å². The van der Waals surface area contributed by atoms with Crippen molar-refractivity contribution in [2.24, 2.45) is 0 Å². The molecular formula is C23H22ClNO4. The quantitative estimate of drug-likeness (QED) is 0.509. The number of aromatic carboxylic acids is 1. The number of hydrogen-bond acceptors (Lipinski definition) is 4. The first-order valence-electron chi connectivity index (χ1n) is 9.09. The second kappa shape index (κ2) is 9.34. The maximum Gasteiger partial charge on any atom is 0.336 e. The van der Waals surface area contributed by atoms with Crippen LogP contribution in [0.3, 0.4) is 0 Å². The standard InChI is InChI=1S/C23H22ClNO4/c1-15-19(23(26)27)6-4-7-20(15)25-13-17-5-3-8-21(28-2)22(17)29-14-16-9-11-18(24)12-10-16/h3-12,25H,13-14H2,1-2H3,(H,26,27). The fourth-order valence-corrected chi connectivity index (χ4v) is 3.14. The lowest BCUT2D eigenvalue weighted by Crippen LogP contribution is -2.08. The smallest absolute Gasteiger partial charge is 0.336 e. The minimum absolute atomic E-state index is 0.278. The van der Waals surface area contributed by atoms with Gasteiger partial charge in [-0.25, -0.2) is 4.79 Å². The number of benzene rings is 3. The predicted molar refractivity (Wildman–Crippen MR) is 114 cm³/mol. The van der Waals surface area contributed by atoms with Crippen LogP contribution >= 0.6 is 11.6 Å². The van der Waals surface area contributed by atoms with E-state index >= 15 is 0 Å². The largest absolute Gasteiger partial charge is 0.493 e. The molecule has 2 N–H and O–H groups in total. The van der Waals surface area contributed by atoms with E-state index in [1.165, 1.54) is 0 Å². The Morgan fingerprint density at radius 3 is 2.48 bits per heavy atom. The van der Waals surface area contributed by atoms with E-state index < -0.39 is 5.97 Å². The molecule has 0 fully saturated rings. The molecule has 0 aliphatic rings. The van der Waals surface area contributed by atoms with Gasteiger partial charge in [0.25, 0.3) is 0 Å². The lowest BCUT2D eigenvalue weighted by Gasteiger charge is -2.17. The van der Waals surface area contributed by atoms with Crippen LogP contribution in [0.1, 0.15) is 27.0 Å². The Kier molecular flexibility index (Phi) is 6.62. The second-order valence-electron chi connectivity index (χ2n) is 6.50. The van der Waals surface area contributed by atoms with Crippen LogP contribution in [0.5, 0.6) is 11.5 Å². The summed E-state index contributed by atoms with van der Waals surface area (Å²) in [5.74, 6) is 0.332. The molecule has 0 atom stereocenters. The number of methoxy groups -OCH3 is 1. The van der Waals surface area contributed by atoms with Gasteiger partial charge < -0.3 is 19.9 Å². The summed E-state index contributed by atoms with van der Waals surface area (Å²) in [5.41, 5.74) is 3.62. The molecule has 5 nitrogen and oxygen atoms in total. The van der Waals surface area contributed by atoms with E-state index in [0.717, 1.165) is 16.8 Å². The molecule has 0 unspecified atom stereocenters. The van der Waals surface area contributed by atoms with Crippen molar-refractivity contribution in [2.45, 2.75) is 20.1 Å². The predicted octanol–water partition coefficient (Wildman–Crippen LogP) is 5.55. The van der Waals surface area contributed by atoms with Gasteiger partial charge in [-0.3, -0.25) is 0 Å². The summed E-state index contributed by atoms with van der Waals surface area (Å²) in [7, 11) is 1.60. The van der Waals surface area contributed by atoms with Crippen molar-refractivity contribution < 1.29 is 19.4 Å². The van der Waals surface area contributed by atoms with Crippen molar-refractivity contribution in [2.75, 3.05) is 12.4 Å². The van der Waals surface area contributed by atoms with E-state index in [4.69, 9.17) is 21.1 Å². The summed E-state index contributed by atoms with van der Waals surface area (Å²) in [5, 5.41) is 13.3. The van der Waals surface area contributed by atoms with Crippen LogP contribution in [0.2, 0.25) is 5.02 Å². The van der Waals surface area contributed by atoms with E-state index in [-0.39, 0.29) is 5.56 Å². The topological polar surface area (TPSA) is 67.8 Å². The highest BCUT2D eigenvalue weighted by Gasteiger charge is 2.13. The van der Waals surface area contributed by atoms with Crippen LogP contribution < -0.4 is 14.8 Å². The van der Waals surface area contributed by atoms with Crippen molar-refractivity contribution in [3.8, 4) is 11.5 Å². The molecule has 0 aromatic heterocycles. The first-order chi connectivity index (χ1) is 14.0. The fourth-order valence-electron chi connectivity index (χ4n) is 3.01. The van der Waals surface area contributed by atoms with Gasteiger partial charge in [0.2, 0.25) is 0 Å². The van der Waals surface area contributed by atoms with E-state index in [1.54, 1.807) is 26.2 Å². The zero-order valence-electron chi connectivity index (χ0n) is 16.2. The van der Waals surface area contributed by atoms with E-state index in [2.05, 4.69) is 5.32 Å². The van der Waals surface area contributed by atoms with Gasteiger partial charge in [0.1, 0.15) is 6.61 Å². The summed E-state index contributed by atoms with van der Waals surface area (Å²) < 4.78 is 11.5. The van der Waals surface area contributed by atoms with Gasteiger partial charge in [-0.1, -0.05) is 41.9 Å². The van der Waals surface area contributed by atoms with Gasteiger partial charge in [-0.05, 0) is 48.4 Å². The number of anilines is 1. The molecule has 0 saturated carbocycles. The summed E-state index contributed by atoms with van der Waals surface area (Å²) in [4.78, 5) is 11.4. The van der Waals surface area contributed by atoms with E-state index in [1.807, 2.05) is 48.5 Å². The number of nitrogens with one attached hydrogen (secondary N) is 1. The van der Waals surface area contributed by atoms with Crippen molar-refractivity contribution in [1.82, 2.24) is 0 Å². The van der Waals surface area contributed by atoms with Gasteiger partial charge in [0.15, 0.2) is 11.5 Å². The van der Waals surface area contributed by atoms with Crippen molar-refractivity contribution >= 4 is 23.3 Å². The molecule has 0 saturated heterocycles. The maximum absolute atomic E-state index is 11.4. The van der Waals surface area contributed by atoms with Crippen LogP contribution in [-0.2, 0) is 13.2 Å². The third-order valence-electron chi connectivity index (χ3n) is 4.61. The van der Waals surface area contributed by atoms with Crippen LogP contribution in [0, 0.1) is 6.92 Å². The molecular weight excluding hydrogens is 390 g/mol. The highest BCUT2D eigenvalue weighted by molar-refractivity contribution is 6.30. The highest BCUT2D eigenvalue weighted by Crippen LogP contribution is 2.33. The summed E-state index contributed by atoms with van der Waals surface area (Å²) in [6.07, 6.45) is 0. The number of carboxylic acid groups (broad SMARTS) is 1. The Hall–Kier alpha value is -3.18. The monoisotopic (exact) mass is 411 g/mol. The number of halogens is 1. The molecule has 0 amide bonds. The Bertz CT molecular complexity index is 1000. The van der Waals surface area contributed by atoms with Crippen LogP contribution in [0.15, 0.2) is 60.7 Å². The number of hydrogen-bond donors (Lipinski definition) is 2. The Morgan fingerprint density at radius 1 is 1.07 bits per heavy atom. The molecule has 3 aromatic carbocycles. The van der Waals surface area contributed by atoms with Crippen LogP contribution in [-0.4, -0.2) is 18.2 Å². The number of ether oxygens (including phenoxy) is 2. The maximum atomic E-state index is 11.4. The fraction of sp³-hybridized carbons (Fsp3) is 0.174. The third kappa shape index (κ3) is 5.00. The van der Waals surface area contributed by atoms with Gasteiger partial charge >= 0.3 is 5.97 Å². The van der Waals surface area contributed by atoms with Crippen molar-refractivity contribution in [3.05, 3.63) is 87.9 Å². The van der Waals surface area contributed by atoms with Crippen LogP contribution in [0.25, 0.3) is 0 Å². The van der Waals surface area contributed by atoms with Gasteiger partial charge in [-0.2, -0.15) is 0 Å². The molecule has 0 spiro atoms. The number of carbonyl (C=O) groups is 1. The minimum atomic E-state index is -0.945. The zero-order valence-corrected chi connectivity index (χ0v) is 17.0. The van der Waals surface area contributed by atoms with E-state index in [0.29, 0.717) is 35.2 Å². The zero-order chi connectivity index (χ0) is 20.8. The third-order valence-corrected chi connectivity index (χ3v) is 4.86. The Balaban J connectivity index is 1.80. The van der Waals surface area contributed by atoms with Crippen molar-refractivity contribution in [3.63, 3.8) is 0 Å². The molecule has 6 heteroatoms. The minimum Gasteiger partial charge on any atom is -0.493 e. The summed E-state index contributed by atoms with van der Waals surface area (Å²) in [6, 6.07) is 18.3. The normalized spacial score (nSPS) is 10.4. The second-order valence-corrected chi connectivity index (χ2v) is 6.94. The number of carboxylic acids is 1. The Labute approximate surface area is 174 Å². The summed E-state index contributed by atoms with van der Waals surface area (Å²) in [6.45, 7) is 2.62. The molecule has 29 heavy (non-hydrogen) atoms. The van der Waals surface area contributed by atoms with Crippen molar-refractivity contribution in [1.29, 1.82) is 0 Å². The lowest BCUT2D eigenvalue weighted by atomic mass is 10.1. The first-order valence-corrected chi connectivity index (χ1v) is 9.47. The SMILES string of the molecule is COc1cccc(CNc2cccc(C(=O)O)c2C)c1OCc1ccc(Cl)cc1. The molecule has 3 rings (SSSR count). The highest BCUT2D eigenvalue weighted by atomic mass is 35.5. The number of rotatable bonds is 8. The first kappa shape index (κ1) is 20.6. The molecule has 3 aromatic rings. The van der Waals surface area contributed by atoms with Gasteiger partial charge in [-0.15, -0.1) is 0 Å². The average molecular weight is 412 g/mol. The Morgan fingerprint density at radius 2 is 1.79 bits per heavy atom. The molecule has 0 aliphatic carbocycles.